The van der Waals surface area contributed by atoms with Gasteiger partial charge in [0.1, 0.15) is 5.25 Å². The highest BCUT2D eigenvalue weighted by Crippen LogP contribution is 2.25. The van der Waals surface area contributed by atoms with Gasteiger partial charge in [0.15, 0.2) is 11.5 Å². The first-order valence-corrected chi connectivity index (χ1v) is 12.5. The second-order valence-corrected chi connectivity index (χ2v) is 10.6. The predicted octanol–water partition coefficient (Wildman–Crippen LogP) is 1.31. The van der Waals surface area contributed by atoms with Crippen molar-refractivity contribution in [3.05, 3.63) is 29.3 Å². The van der Waals surface area contributed by atoms with Crippen LogP contribution >= 0.6 is 11.3 Å². The smallest absolute Gasteiger partial charge is 0.273 e. The van der Waals surface area contributed by atoms with E-state index in [9.17, 15) is 13.2 Å². The molecule has 0 atom stereocenters. The molecule has 4 heterocycles. The molecule has 2 fully saturated rings. The summed E-state index contributed by atoms with van der Waals surface area (Å²) in [6.07, 6.45) is 2.80. The SMILES string of the molecule is O=C(NCCCCCN1CC(S(=O)(=O)NC2COC2)C1)c1cc(-c2cccs2)on1. The van der Waals surface area contributed by atoms with Gasteiger partial charge in [-0.05, 0) is 30.8 Å². The summed E-state index contributed by atoms with van der Waals surface area (Å²) in [6.45, 7) is 3.55. The van der Waals surface area contributed by atoms with E-state index in [-0.39, 0.29) is 22.9 Å². The van der Waals surface area contributed by atoms with E-state index in [0.29, 0.717) is 38.6 Å². The van der Waals surface area contributed by atoms with Crippen LogP contribution in [-0.2, 0) is 14.8 Å². The second kappa shape index (κ2) is 9.56. The number of hydrogen-bond donors (Lipinski definition) is 2. The first-order valence-electron chi connectivity index (χ1n) is 10.1. The maximum absolute atomic E-state index is 12.2. The van der Waals surface area contributed by atoms with Gasteiger partial charge in [-0.25, -0.2) is 13.1 Å². The van der Waals surface area contributed by atoms with Gasteiger partial charge in [-0.2, -0.15) is 0 Å². The Hall–Kier alpha value is -1.79. The van der Waals surface area contributed by atoms with Gasteiger partial charge in [0.25, 0.3) is 5.91 Å². The van der Waals surface area contributed by atoms with E-state index in [1.165, 1.54) is 11.3 Å². The van der Waals surface area contributed by atoms with E-state index in [0.717, 1.165) is 30.7 Å². The molecule has 11 heteroatoms. The van der Waals surface area contributed by atoms with Gasteiger partial charge >= 0.3 is 0 Å². The van der Waals surface area contributed by atoms with Crippen molar-refractivity contribution in [2.24, 2.45) is 0 Å². The minimum Gasteiger partial charge on any atom is -0.378 e. The summed E-state index contributed by atoms with van der Waals surface area (Å²) in [4.78, 5) is 15.2. The lowest BCUT2D eigenvalue weighted by molar-refractivity contribution is 0.00441. The van der Waals surface area contributed by atoms with E-state index >= 15 is 0 Å². The fourth-order valence-corrected chi connectivity index (χ4v) is 5.66. The lowest BCUT2D eigenvalue weighted by Crippen LogP contribution is -2.60. The number of hydrogen-bond acceptors (Lipinski definition) is 8. The number of carbonyl (C=O) groups excluding carboxylic acids is 1. The van der Waals surface area contributed by atoms with Crippen molar-refractivity contribution in [3.8, 4) is 10.6 Å². The molecule has 2 aliphatic heterocycles. The highest BCUT2D eigenvalue weighted by atomic mass is 32.2. The first kappa shape index (κ1) is 21.4. The van der Waals surface area contributed by atoms with Gasteiger partial charge in [-0.1, -0.05) is 17.6 Å². The molecule has 0 saturated carbocycles. The van der Waals surface area contributed by atoms with Crippen LogP contribution in [0.5, 0.6) is 0 Å². The molecular formula is C19H26N4O5S2. The van der Waals surface area contributed by atoms with E-state index < -0.39 is 10.0 Å². The largest absolute Gasteiger partial charge is 0.378 e. The predicted molar refractivity (Wildman–Crippen MR) is 113 cm³/mol. The minimum atomic E-state index is -3.24. The number of rotatable bonds is 11. The van der Waals surface area contributed by atoms with E-state index in [1.54, 1.807) is 6.07 Å². The zero-order valence-corrected chi connectivity index (χ0v) is 18.2. The molecule has 9 nitrogen and oxygen atoms in total. The fraction of sp³-hybridized carbons (Fsp3) is 0.579. The number of ether oxygens (including phenoxy) is 1. The third-order valence-electron chi connectivity index (χ3n) is 5.27. The Kier molecular flexibility index (Phi) is 6.84. The number of likely N-dealkylation sites (tertiary alicyclic amines) is 1. The minimum absolute atomic E-state index is 0.0567. The Morgan fingerprint density at radius 1 is 1.27 bits per heavy atom. The third kappa shape index (κ3) is 5.27. The molecule has 2 aliphatic rings. The average molecular weight is 455 g/mol. The van der Waals surface area contributed by atoms with E-state index in [2.05, 4.69) is 20.1 Å². The standard InChI is InChI=1S/C19H26N4O5S2/c24-19(16-9-17(28-21-16)18-5-4-8-29-18)20-6-2-1-3-7-23-10-15(11-23)30(25,26)22-14-12-27-13-14/h4-5,8-9,14-15,22H,1-3,6-7,10-13H2,(H,20,24). The zero-order chi connectivity index (χ0) is 21.0. The molecule has 0 aliphatic carbocycles. The van der Waals surface area contributed by atoms with Gasteiger partial charge in [0, 0.05) is 25.7 Å². The summed E-state index contributed by atoms with van der Waals surface area (Å²) in [5, 5.41) is 8.32. The molecular weight excluding hydrogens is 428 g/mol. The summed E-state index contributed by atoms with van der Waals surface area (Å²) in [5.41, 5.74) is 0.285. The van der Waals surface area contributed by atoms with Crippen molar-refractivity contribution in [1.82, 2.24) is 20.1 Å². The second-order valence-electron chi connectivity index (χ2n) is 7.65. The molecule has 0 spiro atoms. The van der Waals surface area contributed by atoms with Crippen LogP contribution in [0.1, 0.15) is 29.8 Å². The van der Waals surface area contributed by atoms with Crippen LogP contribution in [0.15, 0.2) is 28.1 Å². The summed E-state index contributed by atoms with van der Waals surface area (Å²) in [7, 11) is -3.24. The third-order valence-corrected chi connectivity index (χ3v) is 8.00. The van der Waals surface area contributed by atoms with Crippen molar-refractivity contribution in [3.63, 3.8) is 0 Å². The molecule has 164 valence electrons. The Labute approximate surface area is 179 Å². The van der Waals surface area contributed by atoms with Gasteiger partial charge in [-0.15, -0.1) is 11.3 Å². The van der Waals surface area contributed by atoms with Crippen LogP contribution in [-0.4, -0.2) is 75.1 Å². The Bertz CT molecular complexity index is 934. The number of thiophene rings is 1. The highest BCUT2D eigenvalue weighted by Gasteiger charge is 2.38. The van der Waals surface area contributed by atoms with Crippen molar-refractivity contribution in [2.75, 3.05) is 39.4 Å². The number of unbranched alkanes of at least 4 members (excludes halogenated alkanes) is 2. The van der Waals surface area contributed by atoms with Crippen LogP contribution in [0.25, 0.3) is 10.6 Å². The monoisotopic (exact) mass is 454 g/mol. The quantitative estimate of drug-likeness (QED) is 0.492. The number of nitrogens with one attached hydrogen (secondary N) is 2. The van der Waals surface area contributed by atoms with Gasteiger partial charge in [0.05, 0.1) is 24.1 Å². The molecule has 4 rings (SSSR count). The Morgan fingerprint density at radius 2 is 2.10 bits per heavy atom. The molecule has 0 unspecified atom stereocenters. The van der Waals surface area contributed by atoms with Crippen LogP contribution < -0.4 is 10.0 Å². The lowest BCUT2D eigenvalue weighted by Gasteiger charge is -2.40. The molecule has 0 bridgehead atoms. The van der Waals surface area contributed by atoms with Crippen molar-refractivity contribution in [1.29, 1.82) is 0 Å². The normalized spacial score (nSPS) is 18.1. The molecule has 2 saturated heterocycles. The van der Waals surface area contributed by atoms with Crippen molar-refractivity contribution < 1.29 is 22.5 Å². The maximum Gasteiger partial charge on any atom is 0.273 e. The molecule has 30 heavy (non-hydrogen) atoms. The molecule has 2 aromatic rings. The topological polar surface area (TPSA) is 114 Å². The molecule has 2 aromatic heterocycles. The molecule has 2 N–H and O–H groups in total. The number of nitrogens with zero attached hydrogens (tertiary/aromatic N) is 2. The molecule has 0 radical (unpaired) electrons. The zero-order valence-electron chi connectivity index (χ0n) is 16.6. The van der Waals surface area contributed by atoms with Crippen molar-refractivity contribution in [2.45, 2.75) is 30.6 Å². The highest BCUT2D eigenvalue weighted by molar-refractivity contribution is 7.90. The number of amides is 1. The lowest BCUT2D eigenvalue weighted by atomic mass is 10.1. The van der Waals surface area contributed by atoms with E-state index in [1.807, 2.05) is 17.5 Å². The van der Waals surface area contributed by atoms with Crippen LogP contribution in [0.3, 0.4) is 0 Å². The van der Waals surface area contributed by atoms with Crippen LogP contribution in [0, 0.1) is 0 Å². The molecule has 0 aromatic carbocycles. The fourth-order valence-electron chi connectivity index (χ4n) is 3.38. The summed E-state index contributed by atoms with van der Waals surface area (Å²) in [5.74, 6) is 0.364. The molecule has 1 amide bonds. The van der Waals surface area contributed by atoms with Gasteiger partial charge < -0.3 is 19.5 Å². The van der Waals surface area contributed by atoms with Gasteiger partial charge in [-0.3, -0.25) is 4.79 Å². The van der Waals surface area contributed by atoms with Crippen molar-refractivity contribution >= 4 is 27.3 Å². The average Bonchev–Trinajstić information content (AvgIpc) is 3.33. The maximum atomic E-state index is 12.2. The number of carbonyl (C=O) groups is 1. The van der Waals surface area contributed by atoms with E-state index in [4.69, 9.17) is 9.26 Å². The summed E-state index contributed by atoms with van der Waals surface area (Å²) >= 11 is 1.53. The van der Waals surface area contributed by atoms with Crippen LogP contribution in [0.2, 0.25) is 0 Å². The number of sulfonamides is 1. The Morgan fingerprint density at radius 3 is 2.80 bits per heavy atom. The summed E-state index contributed by atoms with van der Waals surface area (Å²) < 4.78 is 37.3. The van der Waals surface area contributed by atoms with Gasteiger partial charge in [0.2, 0.25) is 10.0 Å². The number of aromatic nitrogens is 1. The van der Waals surface area contributed by atoms with Crippen LogP contribution in [0.4, 0.5) is 0 Å². The first-order chi connectivity index (χ1) is 14.5. The summed E-state index contributed by atoms with van der Waals surface area (Å²) in [6, 6.07) is 5.44. The Balaban J connectivity index is 1.06.